The molecule has 1 N–H and O–H groups in total. The number of nitrogens with one attached hydrogen (secondary N) is 1. The van der Waals surface area contributed by atoms with Crippen molar-refractivity contribution in [3.63, 3.8) is 0 Å². The van der Waals surface area contributed by atoms with Gasteiger partial charge in [0.05, 0.1) is 11.2 Å². The van der Waals surface area contributed by atoms with Crippen molar-refractivity contribution in [1.29, 1.82) is 0 Å². The van der Waals surface area contributed by atoms with E-state index in [0.29, 0.717) is 6.04 Å². The van der Waals surface area contributed by atoms with E-state index in [0.717, 1.165) is 18.9 Å². The van der Waals surface area contributed by atoms with E-state index in [-0.39, 0.29) is 11.2 Å². The summed E-state index contributed by atoms with van der Waals surface area (Å²) in [6, 6.07) is 0.586. The van der Waals surface area contributed by atoms with Gasteiger partial charge in [0, 0.05) is 6.04 Å². The van der Waals surface area contributed by atoms with Crippen molar-refractivity contribution >= 4 is 0 Å². The lowest BCUT2D eigenvalue weighted by Crippen LogP contribution is -2.50. The summed E-state index contributed by atoms with van der Waals surface area (Å²) < 4.78 is 6.24. The van der Waals surface area contributed by atoms with Crippen molar-refractivity contribution in [2.24, 2.45) is 5.92 Å². The Bertz CT molecular complexity index is 293. The zero-order valence-electron chi connectivity index (χ0n) is 13.5. The van der Waals surface area contributed by atoms with Crippen LogP contribution in [0.2, 0.25) is 0 Å². The fraction of sp³-hybridized carbons (Fsp3) is 1.00. The molecule has 2 rings (SSSR count). The lowest BCUT2D eigenvalue weighted by atomic mass is 9.89. The van der Waals surface area contributed by atoms with Crippen LogP contribution in [-0.2, 0) is 4.74 Å². The third kappa shape index (κ3) is 3.71. The number of ether oxygens (including phenoxy) is 1. The number of hydrogen-bond donors (Lipinski definition) is 1. The van der Waals surface area contributed by atoms with Crippen LogP contribution in [-0.4, -0.2) is 48.3 Å². The van der Waals surface area contributed by atoms with E-state index in [1.165, 1.54) is 32.5 Å². The summed E-state index contributed by atoms with van der Waals surface area (Å²) in [4.78, 5) is 2.68. The molecule has 0 radical (unpaired) electrons. The molecule has 1 unspecified atom stereocenters. The summed E-state index contributed by atoms with van der Waals surface area (Å²) in [7, 11) is 0. The van der Waals surface area contributed by atoms with Crippen LogP contribution >= 0.6 is 0 Å². The maximum Gasteiger partial charge on any atom is 0.0789 e. The van der Waals surface area contributed by atoms with Crippen molar-refractivity contribution in [3.8, 4) is 0 Å². The van der Waals surface area contributed by atoms with E-state index >= 15 is 0 Å². The number of rotatable bonds is 4. The molecule has 2 fully saturated rings. The topological polar surface area (TPSA) is 24.5 Å². The van der Waals surface area contributed by atoms with Crippen molar-refractivity contribution in [2.45, 2.75) is 71.1 Å². The van der Waals surface area contributed by atoms with Gasteiger partial charge in [0.15, 0.2) is 0 Å². The SMILES string of the molecule is CCNCC1CCN(C2CC(C)(C)OC2(C)C)CC1. The van der Waals surface area contributed by atoms with Crippen LogP contribution in [0.4, 0.5) is 0 Å². The Morgan fingerprint density at radius 2 is 1.79 bits per heavy atom. The Kier molecular flexibility index (Phi) is 4.59. The fourth-order valence-corrected chi connectivity index (χ4v) is 3.92. The first-order valence-corrected chi connectivity index (χ1v) is 7.99. The van der Waals surface area contributed by atoms with Gasteiger partial charge in [0.2, 0.25) is 0 Å². The van der Waals surface area contributed by atoms with Crippen molar-refractivity contribution in [1.82, 2.24) is 10.2 Å². The largest absolute Gasteiger partial charge is 0.368 e. The Balaban J connectivity index is 1.87. The summed E-state index contributed by atoms with van der Waals surface area (Å²) in [5, 5.41) is 3.49. The van der Waals surface area contributed by atoms with Crippen molar-refractivity contribution in [2.75, 3.05) is 26.2 Å². The van der Waals surface area contributed by atoms with Gasteiger partial charge in [0.25, 0.3) is 0 Å². The highest BCUT2D eigenvalue weighted by Crippen LogP contribution is 2.41. The third-order valence-corrected chi connectivity index (χ3v) is 4.80. The van der Waals surface area contributed by atoms with Gasteiger partial charge in [0.1, 0.15) is 0 Å². The summed E-state index contributed by atoms with van der Waals surface area (Å²) in [5.74, 6) is 0.870. The number of piperidine rings is 1. The quantitative estimate of drug-likeness (QED) is 0.848. The molecule has 2 heterocycles. The van der Waals surface area contributed by atoms with Crippen LogP contribution in [0, 0.1) is 5.92 Å². The highest BCUT2D eigenvalue weighted by molar-refractivity contribution is 5.00. The second-order valence-corrected chi connectivity index (χ2v) is 7.47. The first-order chi connectivity index (χ1) is 8.84. The molecule has 2 saturated heterocycles. The Labute approximate surface area is 119 Å². The smallest absolute Gasteiger partial charge is 0.0789 e. The predicted molar refractivity (Wildman–Crippen MR) is 80.5 cm³/mol. The van der Waals surface area contributed by atoms with Gasteiger partial charge in [-0.25, -0.2) is 0 Å². The third-order valence-electron chi connectivity index (χ3n) is 4.80. The Morgan fingerprint density at radius 3 is 2.26 bits per heavy atom. The van der Waals surface area contributed by atoms with Crippen LogP contribution in [0.5, 0.6) is 0 Å². The molecule has 3 heteroatoms. The molecule has 2 aliphatic rings. The monoisotopic (exact) mass is 268 g/mol. The predicted octanol–water partition coefficient (Wildman–Crippen LogP) is 2.65. The van der Waals surface area contributed by atoms with E-state index in [9.17, 15) is 0 Å². The van der Waals surface area contributed by atoms with Gasteiger partial charge in [-0.05, 0) is 79.1 Å². The number of likely N-dealkylation sites (tertiary alicyclic amines) is 1. The normalized spacial score (nSPS) is 31.7. The summed E-state index contributed by atoms with van der Waals surface area (Å²) in [6.45, 7) is 15.9. The molecule has 0 spiro atoms. The van der Waals surface area contributed by atoms with Gasteiger partial charge in [-0.3, -0.25) is 4.90 Å². The van der Waals surface area contributed by atoms with Gasteiger partial charge < -0.3 is 10.1 Å². The second kappa shape index (κ2) is 5.71. The molecule has 19 heavy (non-hydrogen) atoms. The maximum atomic E-state index is 6.24. The maximum absolute atomic E-state index is 6.24. The first kappa shape index (κ1) is 15.3. The Hall–Kier alpha value is -0.120. The molecule has 0 aromatic heterocycles. The first-order valence-electron chi connectivity index (χ1n) is 7.99. The molecule has 0 bridgehead atoms. The summed E-state index contributed by atoms with van der Waals surface area (Å²) in [6.07, 6.45) is 3.83. The summed E-state index contributed by atoms with van der Waals surface area (Å²) >= 11 is 0. The average molecular weight is 268 g/mol. The molecule has 2 aliphatic heterocycles. The number of nitrogens with zero attached hydrogens (tertiary/aromatic N) is 1. The molecule has 112 valence electrons. The van der Waals surface area contributed by atoms with Crippen LogP contribution in [0.1, 0.15) is 53.9 Å². The minimum atomic E-state index is -0.00198. The molecule has 3 nitrogen and oxygen atoms in total. The second-order valence-electron chi connectivity index (χ2n) is 7.47. The van der Waals surface area contributed by atoms with Crippen molar-refractivity contribution in [3.05, 3.63) is 0 Å². The van der Waals surface area contributed by atoms with Crippen molar-refractivity contribution < 1.29 is 4.74 Å². The van der Waals surface area contributed by atoms with E-state index in [4.69, 9.17) is 4.74 Å². The van der Waals surface area contributed by atoms with E-state index in [2.05, 4.69) is 44.8 Å². The van der Waals surface area contributed by atoms with Crippen LogP contribution in [0.15, 0.2) is 0 Å². The molecular weight excluding hydrogens is 236 g/mol. The lowest BCUT2D eigenvalue weighted by molar-refractivity contribution is -0.0827. The van der Waals surface area contributed by atoms with E-state index < -0.39 is 0 Å². The molecular formula is C16H32N2O. The van der Waals surface area contributed by atoms with Crippen LogP contribution < -0.4 is 5.32 Å². The zero-order chi connectivity index (χ0) is 14.1. The standard InChI is InChI=1S/C16H32N2O/c1-6-17-12-13-7-9-18(10-8-13)14-11-15(2,3)19-16(14,4)5/h13-14,17H,6-12H2,1-5H3. The highest BCUT2D eigenvalue weighted by Gasteiger charge is 2.48. The lowest BCUT2D eigenvalue weighted by Gasteiger charge is -2.40. The summed E-state index contributed by atoms with van der Waals surface area (Å²) in [5.41, 5.74) is 0.0345. The highest BCUT2D eigenvalue weighted by atomic mass is 16.5. The molecule has 0 aromatic carbocycles. The fourth-order valence-electron chi connectivity index (χ4n) is 3.92. The van der Waals surface area contributed by atoms with Gasteiger partial charge >= 0.3 is 0 Å². The Morgan fingerprint density at radius 1 is 1.16 bits per heavy atom. The van der Waals surface area contributed by atoms with Gasteiger partial charge in [-0.15, -0.1) is 0 Å². The average Bonchev–Trinajstić information content (AvgIpc) is 2.55. The minimum Gasteiger partial charge on any atom is -0.368 e. The number of hydrogen-bond acceptors (Lipinski definition) is 3. The molecule has 0 aromatic rings. The van der Waals surface area contributed by atoms with Crippen LogP contribution in [0.3, 0.4) is 0 Å². The molecule has 0 aliphatic carbocycles. The molecule has 0 saturated carbocycles. The minimum absolute atomic E-state index is 0.00198. The van der Waals surface area contributed by atoms with E-state index in [1.54, 1.807) is 0 Å². The molecule has 1 atom stereocenters. The van der Waals surface area contributed by atoms with E-state index in [1.807, 2.05) is 0 Å². The molecule has 0 amide bonds. The van der Waals surface area contributed by atoms with Gasteiger partial charge in [-0.1, -0.05) is 6.92 Å². The van der Waals surface area contributed by atoms with Crippen LogP contribution in [0.25, 0.3) is 0 Å². The zero-order valence-corrected chi connectivity index (χ0v) is 13.5. The van der Waals surface area contributed by atoms with Gasteiger partial charge in [-0.2, -0.15) is 0 Å².